The predicted octanol–water partition coefficient (Wildman–Crippen LogP) is 9.37. The van der Waals surface area contributed by atoms with Gasteiger partial charge in [0.25, 0.3) is 15.9 Å². The molecule has 6 aromatic rings. The Morgan fingerprint density at radius 2 is 1.70 bits per heavy atom. The first kappa shape index (κ1) is 43.0. The van der Waals surface area contributed by atoms with Crippen molar-refractivity contribution in [3.05, 3.63) is 112 Å². The molecule has 3 fully saturated rings. The summed E-state index contributed by atoms with van der Waals surface area (Å²) in [5.74, 6) is 0.0477. The van der Waals surface area contributed by atoms with Crippen LogP contribution in [-0.2, 0) is 10.0 Å². The molecule has 64 heavy (non-hydrogen) atoms. The highest BCUT2D eigenvalue weighted by Crippen LogP contribution is 2.43. The van der Waals surface area contributed by atoms with Crippen molar-refractivity contribution in [2.24, 2.45) is 11.3 Å². The number of H-pyrrole nitrogens is 1. The van der Waals surface area contributed by atoms with Crippen molar-refractivity contribution in [1.29, 1.82) is 0 Å². The van der Waals surface area contributed by atoms with Crippen LogP contribution in [0.2, 0.25) is 10.0 Å². The zero-order valence-electron chi connectivity index (χ0n) is 36.3. The molecule has 0 atom stereocenters. The Hall–Kier alpha value is -4.92. The lowest BCUT2D eigenvalue weighted by molar-refractivity contribution is 0.0981. The molecule has 4 aliphatic rings. The van der Waals surface area contributed by atoms with Crippen molar-refractivity contribution in [3.63, 3.8) is 0 Å². The van der Waals surface area contributed by atoms with Crippen molar-refractivity contribution < 1.29 is 17.9 Å². The standard InChI is InChI=1S/C49H54Cl2N8O4S/c1-49(2)17-13-35(41(28-49)33-3-5-36(50)6-4-33)30-56-21-23-58(24-22-56)38-9-11-40(44(26-38)59-45-25-34-14-18-52-47(34)54-43(45)29-53-59)48(60)55-64(61,62)39-10-12-46(42(51)27-39)63-31-32-15-19-57(20-16-32)37-7-8-37/h3-6,9-12,14,18,25-27,29,32,37H,7-8,13,15-17,19-24,28,30-31H2,1-2H3,(H,52,54)(H,55,60). The predicted molar refractivity (Wildman–Crippen MR) is 254 cm³/mol. The fourth-order valence-electron chi connectivity index (χ4n) is 9.73. The number of pyridine rings is 1. The molecule has 15 heteroatoms. The third-order valence-corrected chi connectivity index (χ3v) is 15.6. The first-order valence-electron chi connectivity index (χ1n) is 22.5. The van der Waals surface area contributed by atoms with Crippen molar-refractivity contribution in [1.82, 2.24) is 34.3 Å². The number of halogens is 2. The summed E-state index contributed by atoms with van der Waals surface area (Å²) < 4.78 is 37.8. The van der Waals surface area contributed by atoms with E-state index in [0.717, 1.165) is 106 Å². The highest BCUT2D eigenvalue weighted by molar-refractivity contribution is 7.90. The summed E-state index contributed by atoms with van der Waals surface area (Å²) in [5, 5.41) is 6.50. The number of ether oxygens (including phenoxy) is 1. The molecule has 3 aromatic carbocycles. The van der Waals surface area contributed by atoms with Crippen LogP contribution in [0.1, 0.15) is 74.7 Å². The Morgan fingerprint density at radius 3 is 2.45 bits per heavy atom. The largest absolute Gasteiger partial charge is 0.492 e. The number of carbonyl (C=O) groups is 1. The fraction of sp³-hybridized carbons (Fsp3) is 0.408. The van der Waals surface area contributed by atoms with Crippen molar-refractivity contribution >= 4 is 72.5 Å². The zero-order valence-corrected chi connectivity index (χ0v) is 38.7. The zero-order chi connectivity index (χ0) is 44.2. The number of nitrogens with one attached hydrogen (secondary N) is 2. The third kappa shape index (κ3) is 9.15. The molecule has 0 bridgehead atoms. The highest BCUT2D eigenvalue weighted by atomic mass is 35.5. The maximum Gasteiger partial charge on any atom is 0.267 e. The van der Waals surface area contributed by atoms with Crippen LogP contribution in [0, 0.1) is 11.3 Å². The lowest BCUT2D eigenvalue weighted by Gasteiger charge is -2.39. The molecule has 1 saturated carbocycles. The summed E-state index contributed by atoms with van der Waals surface area (Å²) in [6.07, 6.45) is 11.5. The molecular weight excluding hydrogens is 868 g/mol. The maximum atomic E-state index is 14.2. The van der Waals surface area contributed by atoms with Crippen LogP contribution in [0.25, 0.3) is 33.3 Å². The van der Waals surface area contributed by atoms with Crippen LogP contribution in [0.4, 0.5) is 5.69 Å². The van der Waals surface area contributed by atoms with Gasteiger partial charge in [-0.2, -0.15) is 5.10 Å². The number of sulfonamides is 1. The number of likely N-dealkylation sites (tertiary alicyclic amines) is 1. The summed E-state index contributed by atoms with van der Waals surface area (Å²) >= 11 is 12.9. The molecule has 0 radical (unpaired) electrons. The molecule has 5 heterocycles. The summed E-state index contributed by atoms with van der Waals surface area (Å²) in [4.78, 5) is 29.4. The van der Waals surface area contributed by atoms with Gasteiger partial charge in [0.05, 0.1) is 39.5 Å². The minimum absolute atomic E-state index is 0.136. The second-order valence-corrected chi connectivity index (χ2v) is 21.3. The number of rotatable bonds is 12. The monoisotopic (exact) mass is 920 g/mol. The van der Waals surface area contributed by atoms with Gasteiger partial charge in [0.1, 0.15) is 16.9 Å². The van der Waals surface area contributed by atoms with Gasteiger partial charge < -0.3 is 19.5 Å². The number of hydrogen-bond acceptors (Lipinski definition) is 9. The number of amides is 1. The Balaban J connectivity index is 0.872. The number of allylic oxidation sites excluding steroid dienone is 1. The van der Waals surface area contributed by atoms with Crippen LogP contribution in [-0.4, -0.2) is 102 Å². The average Bonchev–Trinajstić information content (AvgIpc) is 3.90. The topological polar surface area (TPSA) is 129 Å². The molecule has 1 amide bonds. The number of aromatic amines is 1. The van der Waals surface area contributed by atoms with Crippen LogP contribution in [0.5, 0.6) is 5.75 Å². The second kappa shape index (κ2) is 17.5. The number of piperidine rings is 1. The number of aromatic nitrogens is 4. The van der Waals surface area contributed by atoms with Gasteiger partial charge in [0.2, 0.25) is 0 Å². The number of hydrogen-bond donors (Lipinski definition) is 2. The first-order chi connectivity index (χ1) is 30.9. The molecule has 10 rings (SSSR count). The van der Waals surface area contributed by atoms with Gasteiger partial charge in [-0.05, 0) is 141 Å². The SMILES string of the molecule is CC1(C)CCC(CN2CCN(c3ccc(C(=O)NS(=O)(=O)c4ccc(OCC5CCN(C6CC6)CC5)c(Cl)c4)c(-n4ncc5nc6[nH]ccc6cc54)c3)CC2)=C(c2ccc(Cl)cc2)C1. The van der Waals surface area contributed by atoms with Gasteiger partial charge in [-0.1, -0.05) is 54.8 Å². The summed E-state index contributed by atoms with van der Waals surface area (Å²) in [6, 6.07) is 22.8. The molecule has 2 aliphatic heterocycles. The van der Waals surface area contributed by atoms with Crippen molar-refractivity contribution in [3.8, 4) is 11.4 Å². The normalized spacial score (nSPS) is 19.2. The molecule has 12 nitrogen and oxygen atoms in total. The molecule has 0 spiro atoms. The van der Waals surface area contributed by atoms with Gasteiger partial charge >= 0.3 is 0 Å². The van der Waals surface area contributed by atoms with E-state index >= 15 is 0 Å². The van der Waals surface area contributed by atoms with Crippen LogP contribution in [0.3, 0.4) is 0 Å². The Morgan fingerprint density at radius 1 is 0.922 bits per heavy atom. The van der Waals surface area contributed by atoms with Gasteiger partial charge in [0, 0.05) is 61.1 Å². The lowest BCUT2D eigenvalue weighted by Crippen LogP contribution is -2.47. The molecular formula is C49H54Cl2N8O4S. The second-order valence-electron chi connectivity index (χ2n) is 18.8. The van der Waals surface area contributed by atoms with E-state index in [1.807, 2.05) is 42.6 Å². The summed E-state index contributed by atoms with van der Waals surface area (Å²) in [7, 11) is -4.34. The summed E-state index contributed by atoms with van der Waals surface area (Å²) in [6.45, 7) is 11.6. The number of carbonyl (C=O) groups excluding carboxylic acids is 1. The quantitative estimate of drug-likeness (QED) is 0.123. The van der Waals surface area contributed by atoms with Gasteiger partial charge in [-0.3, -0.25) is 9.69 Å². The molecule has 2 N–H and O–H groups in total. The van der Waals surface area contributed by atoms with E-state index < -0.39 is 15.9 Å². The molecule has 3 aromatic heterocycles. The van der Waals surface area contributed by atoms with Gasteiger partial charge in [-0.15, -0.1) is 0 Å². The number of anilines is 1. The molecule has 334 valence electrons. The Kier molecular flexibility index (Phi) is 11.7. The van der Waals surface area contributed by atoms with E-state index in [2.05, 4.69) is 50.4 Å². The minimum Gasteiger partial charge on any atom is -0.492 e. The van der Waals surface area contributed by atoms with Crippen LogP contribution >= 0.6 is 23.2 Å². The maximum absolute atomic E-state index is 14.2. The fourth-order valence-corrected chi connectivity index (χ4v) is 11.1. The van der Waals surface area contributed by atoms with Gasteiger partial charge in [0.15, 0.2) is 0 Å². The smallest absolute Gasteiger partial charge is 0.267 e. The lowest BCUT2D eigenvalue weighted by atomic mass is 9.72. The average molecular weight is 922 g/mol. The van der Waals surface area contributed by atoms with Crippen molar-refractivity contribution in [2.75, 3.05) is 57.3 Å². The van der Waals surface area contributed by atoms with Crippen LogP contribution < -0.4 is 14.4 Å². The van der Waals surface area contributed by atoms with Crippen molar-refractivity contribution in [2.45, 2.75) is 69.7 Å². The number of piperazine rings is 1. The van der Waals surface area contributed by atoms with E-state index in [4.69, 9.17) is 38.0 Å². The van der Waals surface area contributed by atoms with E-state index in [1.54, 1.807) is 23.0 Å². The molecule has 2 aliphatic carbocycles. The number of benzene rings is 3. The van der Waals surface area contributed by atoms with E-state index in [1.165, 1.54) is 41.7 Å². The van der Waals surface area contributed by atoms with Gasteiger partial charge in [-0.25, -0.2) is 22.8 Å². The third-order valence-electron chi connectivity index (χ3n) is 13.7. The molecule has 2 saturated heterocycles. The first-order valence-corrected chi connectivity index (χ1v) is 24.7. The number of nitrogens with zero attached hydrogens (tertiary/aromatic N) is 6. The highest BCUT2D eigenvalue weighted by Gasteiger charge is 2.33. The summed E-state index contributed by atoms with van der Waals surface area (Å²) in [5.41, 5.74) is 7.96. The Labute approximate surface area is 384 Å². The minimum atomic E-state index is -4.34. The Bertz CT molecular complexity index is 2850. The number of fused-ring (bicyclic) bond motifs is 2. The van der Waals surface area contributed by atoms with E-state index in [-0.39, 0.29) is 20.9 Å². The van der Waals surface area contributed by atoms with E-state index in [9.17, 15) is 13.2 Å². The van der Waals surface area contributed by atoms with Crippen LogP contribution in [0.15, 0.2) is 95.7 Å². The molecule has 0 unspecified atom stereocenters. The van der Waals surface area contributed by atoms with E-state index in [0.29, 0.717) is 35.0 Å².